The molecule has 0 radical (unpaired) electrons. The van der Waals surface area contributed by atoms with Crippen LogP contribution in [0.15, 0.2) is 53.0 Å². The number of hydrogen-bond acceptors (Lipinski definition) is 12. The lowest BCUT2D eigenvalue weighted by atomic mass is 10.0. The number of aliphatic hydroxyl groups is 1. The van der Waals surface area contributed by atoms with Crippen LogP contribution in [0.25, 0.3) is 10.2 Å². The van der Waals surface area contributed by atoms with Crippen LogP contribution in [0.2, 0.25) is 0 Å². The Labute approximate surface area is 256 Å². The highest BCUT2D eigenvalue weighted by Gasteiger charge is 2.30. The summed E-state index contributed by atoms with van der Waals surface area (Å²) in [6.45, 7) is 3.40. The highest BCUT2D eigenvalue weighted by molar-refractivity contribution is 7.91. The van der Waals surface area contributed by atoms with Gasteiger partial charge < -0.3 is 29.7 Å². The maximum absolute atomic E-state index is 13.2. The van der Waals surface area contributed by atoms with Crippen molar-refractivity contribution in [1.82, 2.24) is 25.3 Å². The van der Waals surface area contributed by atoms with E-state index in [0.717, 1.165) is 16.9 Å². The normalized spacial score (nSPS) is 13.1. The molecule has 2 aromatic carbocycles. The van der Waals surface area contributed by atoms with Gasteiger partial charge in [-0.15, -0.1) is 16.4 Å². The van der Waals surface area contributed by atoms with Gasteiger partial charge in [-0.2, -0.15) is 0 Å². The number of thiazole rings is 1. The minimum atomic E-state index is -3.92. The zero-order chi connectivity index (χ0) is 31.9. The molecule has 0 aliphatic rings. The van der Waals surface area contributed by atoms with E-state index in [0.29, 0.717) is 27.4 Å². The van der Waals surface area contributed by atoms with Gasteiger partial charge in [-0.1, -0.05) is 31.2 Å². The van der Waals surface area contributed by atoms with Crippen molar-refractivity contribution in [3.05, 3.63) is 59.9 Å². The largest absolute Gasteiger partial charge is 0.491 e. The number of fused-ring (bicyclic) bond motifs is 1. The van der Waals surface area contributed by atoms with Crippen molar-refractivity contribution in [2.45, 2.75) is 43.5 Å². The van der Waals surface area contributed by atoms with Crippen LogP contribution in [0.4, 0.5) is 0 Å². The third-order valence-corrected chi connectivity index (χ3v) is 8.48. The lowest BCUT2D eigenvalue weighted by Crippen LogP contribution is -2.47. The molecule has 2 heterocycles. The molecule has 0 aliphatic heterocycles. The molecule has 2 atom stereocenters. The Morgan fingerprint density at radius 3 is 2.59 bits per heavy atom. The number of aliphatic carboxylic acids is 1. The van der Waals surface area contributed by atoms with Gasteiger partial charge in [-0.3, -0.25) is 4.79 Å². The van der Waals surface area contributed by atoms with E-state index in [-0.39, 0.29) is 43.3 Å². The van der Waals surface area contributed by atoms with Crippen LogP contribution in [0.5, 0.6) is 11.5 Å². The van der Waals surface area contributed by atoms with E-state index in [9.17, 15) is 23.1 Å². The van der Waals surface area contributed by atoms with Crippen LogP contribution in [-0.4, -0.2) is 76.3 Å². The Hall–Kier alpha value is -4.16. The molecule has 0 saturated heterocycles. The van der Waals surface area contributed by atoms with Crippen molar-refractivity contribution < 1.29 is 42.4 Å². The van der Waals surface area contributed by atoms with E-state index < -0.39 is 34.0 Å². The smallest absolute Gasteiger partial charge is 0.328 e. The fourth-order valence-corrected chi connectivity index (χ4v) is 5.80. The van der Waals surface area contributed by atoms with E-state index in [1.807, 2.05) is 0 Å². The summed E-state index contributed by atoms with van der Waals surface area (Å²) in [5, 5.41) is 34.5. The highest BCUT2D eigenvalue weighted by Crippen LogP contribution is 2.28. The first kappa shape index (κ1) is 32.7. The number of benzene rings is 2. The highest BCUT2D eigenvalue weighted by atomic mass is 32.2. The van der Waals surface area contributed by atoms with Gasteiger partial charge in [0.1, 0.15) is 36.4 Å². The van der Waals surface area contributed by atoms with E-state index in [1.54, 1.807) is 56.3 Å². The van der Waals surface area contributed by atoms with Crippen molar-refractivity contribution in [3.63, 3.8) is 0 Å². The number of carboxylic acid groups (broad SMARTS) is 1. The van der Waals surface area contributed by atoms with Crippen molar-refractivity contribution in [1.29, 1.82) is 0 Å². The van der Waals surface area contributed by atoms with Crippen LogP contribution in [0.1, 0.15) is 31.1 Å². The predicted molar refractivity (Wildman–Crippen MR) is 157 cm³/mol. The van der Waals surface area contributed by atoms with Crippen LogP contribution in [0, 0.1) is 5.92 Å². The number of carbonyl (C=O) groups excluding carboxylic acids is 1. The minimum absolute atomic E-state index is 0.00335. The van der Waals surface area contributed by atoms with E-state index in [1.165, 1.54) is 10.9 Å². The van der Waals surface area contributed by atoms with Gasteiger partial charge in [-0.25, -0.2) is 28.0 Å². The Kier molecular flexibility index (Phi) is 10.8. The number of nitrogens with one attached hydrogen (secondary N) is 1. The fourth-order valence-electron chi connectivity index (χ4n) is 4.11. The predicted octanol–water partition coefficient (Wildman–Crippen LogP) is 1.47. The van der Waals surface area contributed by atoms with Gasteiger partial charge in [0.25, 0.3) is 10.0 Å². The molecular formula is C27H32N6O9S2. The van der Waals surface area contributed by atoms with Crippen LogP contribution in [0.3, 0.4) is 0 Å². The molecule has 1 amide bonds. The number of nitrogens with two attached hydrogens (primary N) is 1. The molecule has 236 valence electrons. The van der Waals surface area contributed by atoms with Crippen molar-refractivity contribution in [3.8, 4) is 11.5 Å². The van der Waals surface area contributed by atoms with Crippen molar-refractivity contribution in [2.75, 3.05) is 19.8 Å². The van der Waals surface area contributed by atoms with Gasteiger partial charge in [0.2, 0.25) is 10.2 Å². The molecule has 0 unspecified atom stereocenters. The quantitative estimate of drug-likeness (QED) is 0.136. The summed E-state index contributed by atoms with van der Waals surface area (Å²) in [5.41, 5.74) is 1.60. The third kappa shape index (κ3) is 8.70. The van der Waals surface area contributed by atoms with Crippen LogP contribution < -0.4 is 19.9 Å². The molecule has 0 fully saturated rings. The molecule has 0 saturated carbocycles. The first-order valence-corrected chi connectivity index (χ1v) is 15.7. The van der Waals surface area contributed by atoms with Gasteiger partial charge >= 0.3 is 5.97 Å². The fraction of sp³-hybridized carbons (Fsp3) is 0.370. The van der Waals surface area contributed by atoms with Gasteiger partial charge in [-0.05, 0) is 41.8 Å². The van der Waals surface area contributed by atoms with Crippen LogP contribution >= 0.6 is 11.3 Å². The summed E-state index contributed by atoms with van der Waals surface area (Å²) in [5.74, 6) is -1.13. The Balaban J connectivity index is 1.35. The maximum atomic E-state index is 13.2. The number of primary sulfonamides is 1. The van der Waals surface area contributed by atoms with E-state index in [4.69, 9.17) is 24.5 Å². The first-order chi connectivity index (χ1) is 20.9. The number of rotatable bonds is 16. The monoisotopic (exact) mass is 648 g/mol. The number of carboxylic acids is 1. The van der Waals surface area contributed by atoms with E-state index in [2.05, 4.69) is 20.6 Å². The minimum Gasteiger partial charge on any atom is -0.491 e. The van der Waals surface area contributed by atoms with Crippen molar-refractivity contribution >= 4 is 43.5 Å². The Bertz CT molecular complexity index is 1710. The molecule has 4 aromatic rings. The number of nitrogens with zero attached hydrogens (tertiary/aromatic N) is 4. The average molecular weight is 649 g/mol. The first-order valence-electron chi connectivity index (χ1n) is 13.3. The van der Waals surface area contributed by atoms with E-state index >= 15 is 0 Å². The molecule has 2 aromatic heterocycles. The van der Waals surface area contributed by atoms with Crippen molar-refractivity contribution in [2.24, 2.45) is 11.1 Å². The number of amides is 1. The number of hydrogen-bond donors (Lipinski definition) is 4. The molecule has 0 spiro atoms. The standard InChI is InChI=1S/C27H32N6O9S2/c1-16(2)24(25(35)29-22(26(36)37)15-40-13-17-4-3-5-19(10-17)41-9-8-34)33-12-18(31-32-33)14-42-20-6-7-21-23(11-20)43-27(30-21)44(28,38)39/h3-7,10-12,16,22,24,34H,8-9,13-15H2,1-2H3,(H,29,35)(H,36,37)(H2,28,38,39)/t22-,24-/m0/s1. The third-order valence-electron chi connectivity index (χ3n) is 6.14. The molecule has 4 rings (SSSR count). The number of sulfonamides is 1. The summed E-state index contributed by atoms with van der Waals surface area (Å²) in [4.78, 5) is 29.1. The van der Waals surface area contributed by atoms with Gasteiger partial charge in [0.15, 0.2) is 6.04 Å². The molecule has 44 heavy (non-hydrogen) atoms. The summed E-state index contributed by atoms with van der Waals surface area (Å²) in [6.07, 6.45) is 1.53. The summed E-state index contributed by atoms with van der Waals surface area (Å²) >= 11 is 0.924. The lowest BCUT2D eigenvalue weighted by Gasteiger charge is -2.23. The second kappa shape index (κ2) is 14.5. The Morgan fingerprint density at radius 2 is 1.89 bits per heavy atom. The molecule has 17 heteroatoms. The summed E-state index contributed by atoms with van der Waals surface area (Å²) < 4.78 is 41.6. The number of aromatic nitrogens is 4. The van der Waals surface area contributed by atoms with Gasteiger partial charge in [0, 0.05) is 0 Å². The molecule has 5 N–H and O–H groups in total. The maximum Gasteiger partial charge on any atom is 0.328 e. The molecule has 0 bridgehead atoms. The number of carbonyl (C=O) groups is 2. The Morgan fingerprint density at radius 1 is 1.11 bits per heavy atom. The second-order valence-electron chi connectivity index (χ2n) is 9.96. The summed E-state index contributed by atoms with van der Waals surface area (Å²) in [6, 6.07) is 9.64. The molecule has 15 nitrogen and oxygen atoms in total. The molecular weight excluding hydrogens is 616 g/mol. The zero-order valence-electron chi connectivity index (χ0n) is 23.8. The molecule has 0 aliphatic carbocycles. The number of ether oxygens (including phenoxy) is 3. The summed E-state index contributed by atoms with van der Waals surface area (Å²) in [7, 11) is -3.92. The number of aliphatic hydroxyl groups excluding tert-OH is 1. The zero-order valence-corrected chi connectivity index (χ0v) is 25.5. The SMILES string of the molecule is CC(C)[C@@H](C(=O)N[C@@H](COCc1cccc(OCCO)c1)C(=O)O)n1cc(COc2ccc3nc(S(N)(=O)=O)sc3c2)nn1. The van der Waals surface area contributed by atoms with Crippen LogP contribution in [-0.2, 0) is 37.6 Å². The second-order valence-corrected chi connectivity index (χ2v) is 12.7. The average Bonchev–Trinajstić information content (AvgIpc) is 3.61. The lowest BCUT2D eigenvalue weighted by molar-refractivity contribution is -0.144. The topological polar surface area (TPSA) is 218 Å². The van der Waals surface area contributed by atoms with Gasteiger partial charge in [0.05, 0.1) is 36.2 Å².